The first kappa shape index (κ1) is 14.3. The van der Waals surface area contributed by atoms with Gasteiger partial charge in [0.25, 0.3) is 0 Å². The molecule has 4 heteroatoms. The Labute approximate surface area is 129 Å². The molecule has 0 unspecified atom stereocenters. The molecule has 2 aliphatic heterocycles. The summed E-state index contributed by atoms with van der Waals surface area (Å²) in [4.78, 5) is 15.9. The fraction of sp³-hybridized carbons (Fsp3) is 0.222. The molecule has 1 aromatic rings. The average Bonchev–Trinajstić information content (AvgIpc) is 2.81. The number of aromatic nitrogens is 2. The molecule has 0 bridgehead atoms. The minimum absolute atomic E-state index is 0.373. The zero-order valence-corrected chi connectivity index (χ0v) is 12.7. The number of nitrogens with zero attached hydrogens (tertiary/aromatic N) is 2. The SMILES string of the molecule is Cc1nc2n(CCc3ccccc3C(=O)O)cccc-2c1C. The van der Waals surface area contributed by atoms with Gasteiger partial charge in [0.2, 0.25) is 0 Å². The van der Waals surface area contributed by atoms with Gasteiger partial charge in [-0.2, -0.15) is 0 Å². The molecular weight excluding hydrogens is 276 g/mol. The number of aromatic carboxylic acids is 1. The Kier molecular flexibility index (Phi) is 3.67. The van der Waals surface area contributed by atoms with Crippen LogP contribution in [0.25, 0.3) is 11.4 Å². The smallest absolute Gasteiger partial charge is 0.335 e. The first-order valence-corrected chi connectivity index (χ1v) is 7.31. The van der Waals surface area contributed by atoms with Crippen LogP contribution in [0.3, 0.4) is 0 Å². The van der Waals surface area contributed by atoms with Crippen molar-refractivity contribution in [3.63, 3.8) is 0 Å². The number of hydrogen-bond donors (Lipinski definition) is 1. The van der Waals surface area contributed by atoms with Gasteiger partial charge >= 0.3 is 5.97 Å². The minimum atomic E-state index is -0.878. The van der Waals surface area contributed by atoms with E-state index in [-0.39, 0.29) is 0 Å². The van der Waals surface area contributed by atoms with E-state index < -0.39 is 5.97 Å². The summed E-state index contributed by atoms with van der Waals surface area (Å²) >= 11 is 0. The fourth-order valence-corrected chi connectivity index (χ4v) is 2.77. The molecule has 1 aromatic carbocycles. The van der Waals surface area contributed by atoms with Gasteiger partial charge in [0.05, 0.1) is 5.56 Å². The zero-order valence-electron chi connectivity index (χ0n) is 12.7. The minimum Gasteiger partial charge on any atom is -0.478 e. The number of carboxylic acids is 1. The zero-order chi connectivity index (χ0) is 15.7. The third-order valence-corrected chi connectivity index (χ3v) is 4.13. The summed E-state index contributed by atoms with van der Waals surface area (Å²) in [5, 5.41) is 9.26. The lowest BCUT2D eigenvalue weighted by Gasteiger charge is -2.12. The highest BCUT2D eigenvalue weighted by molar-refractivity contribution is 5.89. The topological polar surface area (TPSA) is 55.1 Å². The summed E-state index contributed by atoms with van der Waals surface area (Å²) in [6, 6.07) is 11.2. The molecule has 0 saturated carbocycles. The highest BCUT2D eigenvalue weighted by Gasteiger charge is 2.15. The van der Waals surface area contributed by atoms with Gasteiger partial charge in [-0.1, -0.05) is 18.2 Å². The van der Waals surface area contributed by atoms with Crippen molar-refractivity contribution in [2.45, 2.75) is 26.8 Å². The summed E-state index contributed by atoms with van der Waals surface area (Å²) in [6.45, 7) is 4.80. The van der Waals surface area contributed by atoms with Crippen LogP contribution < -0.4 is 0 Å². The molecule has 0 amide bonds. The number of pyridine rings is 1. The van der Waals surface area contributed by atoms with E-state index in [4.69, 9.17) is 0 Å². The molecule has 0 saturated heterocycles. The van der Waals surface area contributed by atoms with Gasteiger partial charge in [-0.25, -0.2) is 9.78 Å². The van der Waals surface area contributed by atoms with Gasteiger partial charge in [-0.15, -0.1) is 0 Å². The summed E-state index contributed by atoms with van der Waals surface area (Å²) in [5.41, 5.74) is 4.63. The van der Waals surface area contributed by atoms with E-state index in [9.17, 15) is 9.90 Å². The van der Waals surface area contributed by atoms with Gasteiger partial charge < -0.3 is 9.67 Å². The lowest BCUT2D eigenvalue weighted by Crippen LogP contribution is -2.09. The number of rotatable bonds is 4. The maximum Gasteiger partial charge on any atom is 0.335 e. The molecule has 0 aromatic heterocycles. The highest BCUT2D eigenvalue weighted by atomic mass is 16.4. The molecule has 2 heterocycles. The normalized spacial score (nSPS) is 11.0. The van der Waals surface area contributed by atoms with Crippen molar-refractivity contribution in [2.75, 3.05) is 0 Å². The summed E-state index contributed by atoms with van der Waals surface area (Å²) in [7, 11) is 0. The van der Waals surface area contributed by atoms with Crippen LogP contribution in [-0.4, -0.2) is 20.6 Å². The second-order valence-electron chi connectivity index (χ2n) is 5.47. The van der Waals surface area contributed by atoms with Gasteiger partial charge in [-0.3, -0.25) is 0 Å². The van der Waals surface area contributed by atoms with Crippen molar-refractivity contribution in [1.82, 2.24) is 9.55 Å². The molecule has 0 fully saturated rings. The van der Waals surface area contributed by atoms with Crippen LogP contribution in [-0.2, 0) is 13.0 Å². The van der Waals surface area contributed by atoms with Crippen LogP contribution in [0.2, 0.25) is 0 Å². The maximum absolute atomic E-state index is 11.3. The molecule has 0 atom stereocenters. The number of carboxylic acid groups (broad SMARTS) is 1. The van der Waals surface area contributed by atoms with E-state index in [1.165, 1.54) is 5.56 Å². The molecule has 0 spiro atoms. The summed E-state index contributed by atoms with van der Waals surface area (Å²) in [6.07, 6.45) is 2.66. The van der Waals surface area contributed by atoms with Gasteiger partial charge in [0.15, 0.2) is 0 Å². The van der Waals surface area contributed by atoms with E-state index in [0.29, 0.717) is 18.5 Å². The lowest BCUT2D eigenvalue weighted by molar-refractivity contribution is 0.0695. The van der Waals surface area contributed by atoms with Gasteiger partial charge in [0, 0.05) is 24.0 Å². The van der Waals surface area contributed by atoms with E-state index in [0.717, 1.165) is 22.6 Å². The predicted octanol–water partition coefficient (Wildman–Crippen LogP) is 3.55. The standard InChI is InChI=1S/C18H18N2O2/c1-12-13(2)19-17-15(12)8-5-10-20(17)11-9-14-6-3-4-7-16(14)18(21)22/h3-8,10H,9,11H2,1-2H3,(H,21,22). The Morgan fingerprint density at radius 3 is 2.73 bits per heavy atom. The van der Waals surface area contributed by atoms with Crippen molar-refractivity contribution >= 4 is 5.97 Å². The average molecular weight is 294 g/mol. The molecule has 22 heavy (non-hydrogen) atoms. The number of benzene rings is 1. The van der Waals surface area contributed by atoms with Crippen molar-refractivity contribution in [1.29, 1.82) is 0 Å². The van der Waals surface area contributed by atoms with Gasteiger partial charge in [0.1, 0.15) is 5.82 Å². The van der Waals surface area contributed by atoms with Crippen LogP contribution in [0.5, 0.6) is 0 Å². The fourth-order valence-electron chi connectivity index (χ4n) is 2.77. The Hall–Kier alpha value is -2.62. The first-order chi connectivity index (χ1) is 10.6. The van der Waals surface area contributed by atoms with E-state index in [2.05, 4.69) is 22.5 Å². The lowest BCUT2D eigenvalue weighted by atomic mass is 10.0. The second kappa shape index (κ2) is 5.64. The van der Waals surface area contributed by atoms with E-state index >= 15 is 0 Å². The van der Waals surface area contributed by atoms with E-state index in [1.54, 1.807) is 12.1 Å². The quantitative estimate of drug-likeness (QED) is 0.800. The van der Waals surface area contributed by atoms with Crippen LogP contribution in [0.4, 0.5) is 0 Å². The largest absolute Gasteiger partial charge is 0.478 e. The molecule has 0 aliphatic carbocycles. The van der Waals surface area contributed by atoms with Crippen LogP contribution in [0, 0.1) is 13.8 Å². The third kappa shape index (κ3) is 2.48. The number of aryl methyl sites for hydroxylation is 3. The molecule has 1 N–H and O–H groups in total. The second-order valence-corrected chi connectivity index (χ2v) is 5.47. The Balaban J connectivity index is 1.89. The Bertz CT molecular complexity index is 805. The van der Waals surface area contributed by atoms with Crippen LogP contribution >= 0.6 is 0 Å². The first-order valence-electron chi connectivity index (χ1n) is 7.31. The molecular formula is C18H18N2O2. The predicted molar refractivity (Wildman–Crippen MR) is 85.4 cm³/mol. The van der Waals surface area contributed by atoms with Crippen molar-refractivity contribution < 1.29 is 9.90 Å². The molecule has 112 valence electrons. The number of fused-ring (bicyclic) bond motifs is 1. The van der Waals surface area contributed by atoms with Gasteiger partial charge in [-0.05, 0) is 49.6 Å². The van der Waals surface area contributed by atoms with Crippen LogP contribution in [0.15, 0.2) is 42.6 Å². The van der Waals surface area contributed by atoms with Crippen molar-refractivity contribution in [3.05, 3.63) is 65.0 Å². The third-order valence-electron chi connectivity index (χ3n) is 4.13. The Morgan fingerprint density at radius 2 is 1.95 bits per heavy atom. The molecule has 3 rings (SSSR count). The molecule has 4 nitrogen and oxygen atoms in total. The Morgan fingerprint density at radius 1 is 1.18 bits per heavy atom. The molecule has 0 radical (unpaired) electrons. The number of hydrogen-bond acceptors (Lipinski definition) is 2. The highest BCUT2D eigenvalue weighted by Crippen LogP contribution is 2.27. The maximum atomic E-state index is 11.3. The summed E-state index contributed by atoms with van der Waals surface area (Å²) in [5.74, 6) is 0.0854. The number of carbonyl (C=O) groups is 1. The van der Waals surface area contributed by atoms with Crippen molar-refractivity contribution in [3.8, 4) is 11.4 Å². The van der Waals surface area contributed by atoms with Crippen LogP contribution in [0.1, 0.15) is 27.2 Å². The van der Waals surface area contributed by atoms with E-state index in [1.807, 2.05) is 31.3 Å². The van der Waals surface area contributed by atoms with Crippen molar-refractivity contribution in [2.24, 2.45) is 0 Å². The molecule has 2 aliphatic rings. The summed E-state index contributed by atoms with van der Waals surface area (Å²) < 4.78 is 2.09. The monoisotopic (exact) mass is 294 g/mol.